The molecule has 0 aliphatic heterocycles. The quantitative estimate of drug-likeness (QED) is 0.882. The van der Waals surface area contributed by atoms with Crippen LogP contribution in [0.5, 0.6) is 6.01 Å². The third-order valence-electron chi connectivity index (χ3n) is 2.20. The van der Waals surface area contributed by atoms with E-state index in [1.54, 1.807) is 7.05 Å². The molecule has 2 aromatic rings. The summed E-state index contributed by atoms with van der Waals surface area (Å²) in [4.78, 5) is 11.8. The first-order chi connectivity index (χ1) is 9.12. The fourth-order valence-corrected chi connectivity index (χ4v) is 1.33. The highest BCUT2D eigenvalue weighted by molar-refractivity contribution is 5.55. The number of nitrogens with zero attached hydrogens (tertiary/aromatic N) is 3. The molecule has 1 aromatic heterocycles. The Morgan fingerprint density at radius 2 is 1.84 bits per heavy atom. The van der Waals surface area contributed by atoms with Gasteiger partial charge in [-0.1, -0.05) is 0 Å². The zero-order chi connectivity index (χ0) is 13.8. The molecule has 0 atom stereocenters. The van der Waals surface area contributed by atoms with Gasteiger partial charge in [-0.05, 0) is 12.1 Å². The number of rotatable bonds is 4. The molecule has 1 aromatic carbocycles. The first kappa shape index (κ1) is 12.9. The number of methoxy groups -OCH3 is 1. The average molecular weight is 267 g/mol. The van der Waals surface area contributed by atoms with Gasteiger partial charge in [0.1, 0.15) is 11.6 Å². The number of benzene rings is 1. The van der Waals surface area contributed by atoms with E-state index in [2.05, 4.69) is 25.6 Å². The number of halogens is 2. The van der Waals surface area contributed by atoms with Gasteiger partial charge in [-0.3, -0.25) is 0 Å². The van der Waals surface area contributed by atoms with Gasteiger partial charge in [-0.25, -0.2) is 8.78 Å². The molecule has 0 saturated heterocycles. The van der Waals surface area contributed by atoms with Crippen LogP contribution in [0.2, 0.25) is 0 Å². The van der Waals surface area contributed by atoms with E-state index in [0.29, 0.717) is 0 Å². The van der Waals surface area contributed by atoms with Gasteiger partial charge in [0, 0.05) is 13.1 Å². The van der Waals surface area contributed by atoms with Crippen molar-refractivity contribution in [3.63, 3.8) is 0 Å². The Morgan fingerprint density at radius 1 is 1.11 bits per heavy atom. The van der Waals surface area contributed by atoms with Gasteiger partial charge in [0.25, 0.3) is 0 Å². The number of hydrogen-bond acceptors (Lipinski definition) is 6. The maximum Gasteiger partial charge on any atom is 0.322 e. The van der Waals surface area contributed by atoms with Gasteiger partial charge in [-0.2, -0.15) is 15.0 Å². The van der Waals surface area contributed by atoms with E-state index >= 15 is 0 Å². The molecule has 0 fully saturated rings. The summed E-state index contributed by atoms with van der Waals surface area (Å²) in [6.45, 7) is 0. The predicted molar refractivity (Wildman–Crippen MR) is 65.6 cm³/mol. The zero-order valence-electron chi connectivity index (χ0n) is 10.2. The largest absolute Gasteiger partial charge is 0.467 e. The molecule has 0 unspecified atom stereocenters. The van der Waals surface area contributed by atoms with Crippen LogP contribution in [-0.2, 0) is 0 Å². The van der Waals surface area contributed by atoms with E-state index in [0.717, 1.165) is 12.1 Å². The summed E-state index contributed by atoms with van der Waals surface area (Å²) in [5.41, 5.74) is 0.0525. The minimum Gasteiger partial charge on any atom is -0.467 e. The molecule has 100 valence electrons. The molecule has 2 N–H and O–H groups in total. The van der Waals surface area contributed by atoms with Crippen LogP contribution in [0, 0.1) is 11.6 Å². The zero-order valence-corrected chi connectivity index (χ0v) is 10.2. The second-order valence-corrected chi connectivity index (χ2v) is 3.47. The van der Waals surface area contributed by atoms with Crippen LogP contribution in [0.4, 0.5) is 26.4 Å². The number of nitrogens with one attached hydrogen (secondary N) is 2. The van der Waals surface area contributed by atoms with E-state index in [1.807, 2.05) is 0 Å². The normalized spacial score (nSPS) is 10.1. The van der Waals surface area contributed by atoms with Crippen molar-refractivity contribution in [2.24, 2.45) is 0 Å². The Balaban J connectivity index is 2.31. The molecule has 8 heteroatoms. The Morgan fingerprint density at radius 3 is 2.47 bits per heavy atom. The highest BCUT2D eigenvalue weighted by Gasteiger charge is 2.09. The topological polar surface area (TPSA) is 72.0 Å². The Hall–Kier alpha value is -2.51. The summed E-state index contributed by atoms with van der Waals surface area (Å²) in [6, 6.07) is 3.21. The molecule has 0 radical (unpaired) electrons. The van der Waals surface area contributed by atoms with Gasteiger partial charge in [0.2, 0.25) is 11.9 Å². The lowest BCUT2D eigenvalue weighted by Gasteiger charge is -2.08. The van der Waals surface area contributed by atoms with Crippen molar-refractivity contribution >= 4 is 17.6 Å². The third-order valence-corrected chi connectivity index (χ3v) is 2.20. The second kappa shape index (κ2) is 5.42. The van der Waals surface area contributed by atoms with Crippen LogP contribution in [0.25, 0.3) is 0 Å². The summed E-state index contributed by atoms with van der Waals surface area (Å²) in [6.07, 6.45) is 0. The van der Waals surface area contributed by atoms with E-state index in [4.69, 9.17) is 4.74 Å². The van der Waals surface area contributed by atoms with E-state index in [-0.39, 0.29) is 23.6 Å². The maximum atomic E-state index is 13.5. The van der Waals surface area contributed by atoms with Crippen molar-refractivity contribution < 1.29 is 13.5 Å². The summed E-state index contributed by atoms with van der Waals surface area (Å²) >= 11 is 0. The van der Waals surface area contributed by atoms with Crippen molar-refractivity contribution in [2.75, 3.05) is 24.8 Å². The van der Waals surface area contributed by atoms with Gasteiger partial charge in [0.05, 0.1) is 12.8 Å². The minimum atomic E-state index is -0.745. The molecular weight excluding hydrogens is 256 g/mol. The van der Waals surface area contributed by atoms with Crippen LogP contribution < -0.4 is 15.4 Å². The molecule has 0 amide bonds. The van der Waals surface area contributed by atoms with Gasteiger partial charge >= 0.3 is 6.01 Å². The van der Waals surface area contributed by atoms with E-state index < -0.39 is 11.6 Å². The fraction of sp³-hybridized carbons (Fsp3) is 0.182. The number of aromatic nitrogens is 3. The second-order valence-electron chi connectivity index (χ2n) is 3.47. The molecule has 0 bridgehead atoms. The average Bonchev–Trinajstić information content (AvgIpc) is 2.41. The molecule has 2 rings (SSSR count). The van der Waals surface area contributed by atoms with E-state index in [1.165, 1.54) is 13.2 Å². The van der Waals surface area contributed by atoms with E-state index in [9.17, 15) is 8.78 Å². The molecular formula is C11H11F2N5O. The van der Waals surface area contributed by atoms with Crippen LogP contribution in [0.3, 0.4) is 0 Å². The molecule has 19 heavy (non-hydrogen) atoms. The number of ether oxygens (including phenoxy) is 1. The Kier molecular flexibility index (Phi) is 3.69. The number of anilines is 3. The minimum absolute atomic E-state index is 0.0525. The molecule has 6 nitrogen and oxygen atoms in total. The van der Waals surface area contributed by atoms with Crippen LogP contribution in [0.15, 0.2) is 18.2 Å². The Labute approximate surface area is 107 Å². The SMILES string of the molecule is CNc1nc(Nc2ccc(F)cc2F)nc(OC)n1. The lowest BCUT2D eigenvalue weighted by Crippen LogP contribution is -2.06. The van der Waals surface area contributed by atoms with Gasteiger partial charge < -0.3 is 15.4 Å². The monoisotopic (exact) mass is 267 g/mol. The lowest BCUT2D eigenvalue weighted by molar-refractivity contribution is 0.379. The molecule has 0 aliphatic rings. The van der Waals surface area contributed by atoms with Crippen LogP contribution in [0.1, 0.15) is 0 Å². The lowest BCUT2D eigenvalue weighted by atomic mass is 10.3. The number of hydrogen-bond donors (Lipinski definition) is 2. The Bertz CT molecular complexity index is 571. The van der Waals surface area contributed by atoms with Gasteiger partial charge in [-0.15, -0.1) is 0 Å². The highest BCUT2D eigenvalue weighted by Crippen LogP contribution is 2.20. The summed E-state index contributed by atoms with van der Waals surface area (Å²) in [7, 11) is 3.02. The third kappa shape index (κ3) is 3.03. The molecule has 0 saturated carbocycles. The smallest absolute Gasteiger partial charge is 0.322 e. The van der Waals surface area contributed by atoms with Gasteiger partial charge in [0.15, 0.2) is 0 Å². The first-order valence-electron chi connectivity index (χ1n) is 5.32. The molecule has 0 aliphatic carbocycles. The van der Waals surface area contributed by atoms with Crippen molar-refractivity contribution in [1.82, 2.24) is 15.0 Å². The highest BCUT2D eigenvalue weighted by atomic mass is 19.1. The maximum absolute atomic E-state index is 13.5. The summed E-state index contributed by atoms with van der Waals surface area (Å²) in [5, 5.41) is 5.34. The molecule has 0 spiro atoms. The fourth-order valence-electron chi connectivity index (χ4n) is 1.33. The van der Waals surface area contributed by atoms with Crippen molar-refractivity contribution in [3.05, 3.63) is 29.8 Å². The van der Waals surface area contributed by atoms with Crippen molar-refractivity contribution in [2.45, 2.75) is 0 Å². The van der Waals surface area contributed by atoms with Crippen LogP contribution >= 0.6 is 0 Å². The summed E-state index contributed by atoms with van der Waals surface area (Å²) < 4.78 is 31.2. The first-order valence-corrected chi connectivity index (χ1v) is 5.32. The van der Waals surface area contributed by atoms with Crippen molar-refractivity contribution in [1.29, 1.82) is 0 Å². The standard InChI is InChI=1S/C11H11F2N5O/c1-14-9-16-10(18-11(17-9)19-2)15-8-4-3-6(12)5-7(8)13/h3-5H,1-2H3,(H2,14,15,16,17,18). The molecule has 1 heterocycles. The van der Waals surface area contributed by atoms with Crippen molar-refractivity contribution in [3.8, 4) is 6.01 Å². The predicted octanol–water partition coefficient (Wildman–Crippen LogP) is 1.94. The summed E-state index contributed by atoms with van der Waals surface area (Å²) in [5.74, 6) is -1.06. The van der Waals surface area contributed by atoms with Crippen LogP contribution in [-0.4, -0.2) is 29.1 Å².